The Bertz CT molecular complexity index is 392. The summed E-state index contributed by atoms with van der Waals surface area (Å²) in [5.74, 6) is -0.988. The number of aliphatic hydroxyl groups is 1. The highest BCUT2D eigenvalue weighted by Gasteiger charge is 1.93. The highest BCUT2D eigenvalue weighted by molar-refractivity contribution is 5.64. The Kier molecular flexibility index (Phi) is 15.6. The molecule has 0 aliphatic heterocycles. The molecule has 0 aliphatic carbocycles. The number of hydrogen-bond donors (Lipinski definition) is 1. The Morgan fingerprint density at radius 3 is 2.48 bits per heavy atom. The van der Waals surface area contributed by atoms with Crippen LogP contribution < -0.4 is 5.11 Å². The molecule has 23 heavy (non-hydrogen) atoms. The maximum atomic E-state index is 10.2. The molecule has 0 bridgehead atoms. The van der Waals surface area contributed by atoms with Crippen LogP contribution in [0.15, 0.2) is 48.6 Å². The molecule has 0 heterocycles. The summed E-state index contributed by atoms with van der Waals surface area (Å²) >= 11 is 0. The zero-order valence-corrected chi connectivity index (χ0v) is 14.3. The van der Waals surface area contributed by atoms with E-state index in [1.807, 2.05) is 36.5 Å². The Morgan fingerprint density at radius 2 is 1.74 bits per heavy atom. The van der Waals surface area contributed by atoms with E-state index in [1.54, 1.807) is 6.08 Å². The van der Waals surface area contributed by atoms with Gasteiger partial charge in [-0.2, -0.15) is 0 Å². The van der Waals surface area contributed by atoms with Gasteiger partial charge in [0.25, 0.3) is 0 Å². The van der Waals surface area contributed by atoms with E-state index >= 15 is 0 Å². The fraction of sp³-hybridized carbons (Fsp3) is 0.550. The lowest BCUT2D eigenvalue weighted by atomic mass is 10.1. The normalized spacial score (nSPS) is 13.8. The minimum absolute atomic E-state index is 0.119. The molecule has 0 aliphatic rings. The first-order valence-corrected chi connectivity index (χ1v) is 8.68. The van der Waals surface area contributed by atoms with E-state index in [9.17, 15) is 15.0 Å². The number of rotatable bonds is 14. The fourth-order valence-corrected chi connectivity index (χ4v) is 1.95. The van der Waals surface area contributed by atoms with Crippen molar-refractivity contribution in [1.29, 1.82) is 0 Å². The molecule has 0 aromatic rings. The zero-order valence-electron chi connectivity index (χ0n) is 14.3. The number of carbonyl (C=O) groups excluding carboxylic acids is 1. The fourth-order valence-electron chi connectivity index (χ4n) is 1.95. The topological polar surface area (TPSA) is 60.4 Å². The number of carboxylic acids is 1. The molecule has 0 spiro atoms. The van der Waals surface area contributed by atoms with Gasteiger partial charge in [-0.25, -0.2) is 0 Å². The quantitative estimate of drug-likeness (QED) is 0.300. The molecule has 0 aromatic carbocycles. The molecule has 130 valence electrons. The molecule has 1 atom stereocenters. The summed E-state index contributed by atoms with van der Waals surface area (Å²) in [6.07, 6.45) is 23.1. The second kappa shape index (κ2) is 16.8. The van der Waals surface area contributed by atoms with Crippen LogP contribution in [0.25, 0.3) is 0 Å². The van der Waals surface area contributed by atoms with Gasteiger partial charge in [0, 0.05) is 5.97 Å². The highest BCUT2D eigenvalue weighted by Crippen LogP contribution is 2.02. The van der Waals surface area contributed by atoms with E-state index in [4.69, 9.17) is 0 Å². The molecule has 1 N–H and O–H groups in total. The number of aliphatic carboxylic acids is 1. The summed E-state index contributed by atoms with van der Waals surface area (Å²) in [6.45, 7) is 2.19. The number of aliphatic hydroxyl groups excluding tert-OH is 1. The molecule has 3 nitrogen and oxygen atoms in total. The van der Waals surface area contributed by atoms with Crippen molar-refractivity contribution in [3.8, 4) is 0 Å². The number of carbonyl (C=O) groups is 1. The van der Waals surface area contributed by atoms with Crippen LogP contribution >= 0.6 is 0 Å². The first-order valence-electron chi connectivity index (χ1n) is 8.68. The molecule has 0 fully saturated rings. The van der Waals surface area contributed by atoms with Crippen LogP contribution in [-0.2, 0) is 4.79 Å². The minimum Gasteiger partial charge on any atom is -0.550 e. The molecule has 0 aromatic heterocycles. The average Bonchev–Trinajstić information content (AvgIpc) is 2.52. The van der Waals surface area contributed by atoms with E-state index in [1.165, 1.54) is 19.3 Å². The van der Waals surface area contributed by atoms with Gasteiger partial charge >= 0.3 is 0 Å². The predicted octanol–water partition coefficient (Wildman–Crippen LogP) is 3.85. The van der Waals surface area contributed by atoms with Gasteiger partial charge in [-0.15, -0.1) is 0 Å². The lowest BCUT2D eigenvalue weighted by molar-refractivity contribution is -0.305. The molecule has 3 heteroatoms. The highest BCUT2D eigenvalue weighted by atomic mass is 16.4. The van der Waals surface area contributed by atoms with Gasteiger partial charge in [-0.1, -0.05) is 68.4 Å². The second-order valence-corrected chi connectivity index (χ2v) is 5.55. The summed E-state index contributed by atoms with van der Waals surface area (Å²) in [5.41, 5.74) is 0. The zero-order chi connectivity index (χ0) is 17.2. The van der Waals surface area contributed by atoms with Crippen LogP contribution in [0.4, 0.5) is 0 Å². The largest absolute Gasteiger partial charge is 0.550 e. The van der Waals surface area contributed by atoms with Crippen molar-refractivity contribution in [2.45, 2.75) is 70.8 Å². The second-order valence-electron chi connectivity index (χ2n) is 5.55. The van der Waals surface area contributed by atoms with E-state index in [-0.39, 0.29) is 6.42 Å². The molecule has 0 radical (unpaired) electrons. The lowest BCUT2D eigenvalue weighted by Crippen LogP contribution is -2.21. The number of allylic oxidation sites excluding steroid dienone is 6. The van der Waals surface area contributed by atoms with Crippen molar-refractivity contribution >= 4 is 5.97 Å². The molecule has 1 unspecified atom stereocenters. The summed E-state index contributed by atoms with van der Waals surface area (Å²) in [7, 11) is 0. The Hall–Kier alpha value is -1.61. The lowest BCUT2D eigenvalue weighted by Gasteiger charge is -1.99. The first-order chi connectivity index (χ1) is 11.2. The van der Waals surface area contributed by atoms with Gasteiger partial charge in [0.15, 0.2) is 0 Å². The van der Waals surface area contributed by atoms with Crippen molar-refractivity contribution in [2.24, 2.45) is 0 Å². The van der Waals surface area contributed by atoms with Crippen LogP contribution in [0.1, 0.15) is 64.7 Å². The third-order valence-electron chi connectivity index (χ3n) is 3.29. The van der Waals surface area contributed by atoms with Crippen molar-refractivity contribution in [3.05, 3.63) is 48.6 Å². The monoisotopic (exact) mass is 319 g/mol. The van der Waals surface area contributed by atoms with Crippen LogP contribution in [-0.4, -0.2) is 17.2 Å². The third kappa shape index (κ3) is 18.3. The van der Waals surface area contributed by atoms with Crippen LogP contribution in [0.5, 0.6) is 0 Å². The molecule has 0 rings (SSSR count). The van der Waals surface area contributed by atoms with Crippen molar-refractivity contribution in [1.82, 2.24) is 0 Å². The van der Waals surface area contributed by atoms with E-state index in [0.717, 1.165) is 19.3 Å². The Morgan fingerprint density at radius 1 is 1.00 bits per heavy atom. The maximum Gasteiger partial charge on any atom is 0.0758 e. The van der Waals surface area contributed by atoms with Gasteiger partial charge in [-0.3, -0.25) is 0 Å². The number of carboxylic acid groups (broad SMARTS) is 1. The van der Waals surface area contributed by atoms with Gasteiger partial charge in [0.05, 0.1) is 6.10 Å². The summed E-state index contributed by atoms with van der Waals surface area (Å²) < 4.78 is 0. The van der Waals surface area contributed by atoms with Crippen molar-refractivity contribution < 1.29 is 15.0 Å². The minimum atomic E-state index is -0.988. The molecular weight excluding hydrogens is 288 g/mol. The average molecular weight is 319 g/mol. The summed E-state index contributed by atoms with van der Waals surface area (Å²) in [4.78, 5) is 10.2. The summed E-state index contributed by atoms with van der Waals surface area (Å²) in [5, 5.41) is 20.0. The summed E-state index contributed by atoms with van der Waals surface area (Å²) in [6, 6.07) is 0. The molecule has 0 saturated heterocycles. The predicted molar refractivity (Wildman–Crippen MR) is 94.8 cm³/mol. The van der Waals surface area contributed by atoms with Crippen LogP contribution in [0.2, 0.25) is 0 Å². The third-order valence-corrected chi connectivity index (χ3v) is 3.29. The smallest absolute Gasteiger partial charge is 0.0758 e. The number of unbranched alkanes of at least 4 members (excludes halogenated alkanes) is 4. The van der Waals surface area contributed by atoms with Crippen LogP contribution in [0, 0.1) is 0 Å². The Labute approximate surface area is 141 Å². The maximum absolute atomic E-state index is 10.2. The van der Waals surface area contributed by atoms with E-state index in [2.05, 4.69) is 13.0 Å². The van der Waals surface area contributed by atoms with Gasteiger partial charge in [-0.05, 0) is 44.9 Å². The SMILES string of the molecule is CCCCC/C=C\CC(O)/C=C/C=C\C/C=C\CCCC(=O)[O-]. The van der Waals surface area contributed by atoms with Crippen molar-refractivity contribution in [3.63, 3.8) is 0 Å². The van der Waals surface area contributed by atoms with Crippen molar-refractivity contribution in [2.75, 3.05) is 0 Å². The van der Waals surface area contributed by atoms with Crippen LogP contribution in [0.3, 0.4) is 0 Å². The molecule has 0 saturated carbocycles. The van der Waals surface area contributed by atoms with Gasteiger partial charge in [0.2, 0.25) is 0 Å². The number of hydrogen-bond acceptors (Lipinski definition) is 3. The van der Waals surface area contributed by atoms with E-state index < -0.39 is 12.1 Å². The van der Waals surface area contributed by atoms with E-state index in [0.29, 0.717) is 12.8 Å². The molecule has 0 amide bonds. The van der Waals surface area contributed by atoms with Gasteiger partial charge < -0.3 is 15.0 Å². The molecular formula is C20H31O3-. The standard InChI is InChI=1S/C20H32O3/c1-2-3-4-5-10-13-16-19(21)17-14-11-8-6-7-9-12-15-18-20(22)23/h7-11,13-14,17,19,21H,2-6,12,15-16,18H2,1H3,(H,22,23)/p-1/b9-7-,11-8-,13-10-,17-14+. The van der Waals surface area contributed by atoms with Gasteiger partial charge in [0.1, 0.15) is 0 Å². The Balaban J connectivity index is 3.62. The first kappa shape index (κ1) is 21.4.